The molecule has 0 aliphatic carbocycles. The molecule has 0 amide bonds. The fraction of sp³-hybridized carbons (Fsp3) is 0.300. The Labute approximate surface area is 164 Å². The summed E-state index contributed by atoms with van der Waals surface area (Å²) in [6, 6.07) is 14.8. The van der Waals surface area contributed by atoms with E-state index in [4.69, 9.17) is 4.52 Å². The van der Waals surface area contributed by atoms with Gasteiger partial charge in [-0.15, -0.1) is 13.2 Å². The van der Waals surface area contributed by atoms with Gasteiger partial charge in [-0.2, -0.15) is 4.98 Å². The van der Waals surface area contributed by atoms with E-state index in [1.807, 2.05) is 35.2 Å². The molecule has 1 aliphatic rings. The van der Waals surface area contributed by atoms with Crippen LogP contribution >= 0.6 is 0 Å². The van der Waals surface area contributed by atoms with Crippen LogP contribution in [0.2, 0.25) is 0 Å². The third kappa shape index (κ3) is 4.75. The van der Waals surface area contributed by atoms with Gasteiger partial charge in [0.05, 0.1) is 12.1 Å². The second-order valence-corrected chi connectivity index (χ2v) is 6.85. The van der Waals surface area contributed by atoms with Gasteiger partial charge in [0.25, 0.3) is 0 Å². The Morgan fingerprint density at radius 1 is 1.14 bits per heavy atom. The minimum atomic E-state index is -4.75. The van der Waals surface area contributed by atoms with Crippen LogP contribution in [0.25, 0.3) is 11.4 Å². The van der Waals surface area contributed by atoms with Gasteiger partial charge in [0, 0.05) is 18.7 Å². The van der Waals surface area contributed by atoms with E-state index >= 15 is 0 Å². The van der Waals surface area contributed by atoms with Crippen molar-refractivity contribution in [2.45, 2.75) is 31.5 Å². The summed E-state index contributed by atoms with van der Waals surface area (Å²) in [5.74, 6) is 0.529. The van der Waals surface area contributed by atoms with Crippen LogP contribution < -0.4 is 4.74 Å². The summed E-state index contributed by atoms with van der Waals surface area (Å²) in [4.78, 5) is 6.35. The molecule has 4 rings (SSSR count). The summed E-state index contributed by atoms with van der Waals surface area (Å²) < 4.78 is 46.8. The van der Waals surface area contributed by atoms with Crippen LogP contribution in [0.1, 0.15) is 23.9 Å². The zero-order chi connectivity index (χ0) is 20.4. The lowest BCUT2D eigenvalue weighted by atomic mass is 10.1. The lowest BCUT2D eigenvalue weighted by Crippen LogP contribution is -2.24. The van der Waals surface area contributed by atoms with E-state index in [1.54, 1.807) is 6.07 Å². The number of likely N-dealkylation sites (tertiary alicyclic amines) is 1. The number of aliphatic hydroxyl groups is 1. The Morgan fingerprint density at radius 3 is 2.69 bits per heavy atom. The highest BCUT2D eigenvalue weighted by atomic mass is 19.4. The Bertz CT molecular complexity index is 962. The van der Waals surface area contributed by atoms with Crippen LogP contribution in [-0.2, 0) is 6.54 Å². The number of halogens is 3. The predicted molar refractivity (Wildman–Crippen MR) is 96.6 cm³/mol. The number of nitrogens with zero attached hydrogens (tertiary/aromatic N) is 3. The van der Waals surface area contributed by atoms with Crippen LogP contribution in [-0.4, -0.2) is 39.2 Å². The molecule has 0 radical (unpaired) electrons. The van der Waals surface area contributed by atoms with Crippen LogP contribution in [0.15, 0.2) is 59.1 Å². The first kappa shape index (κ1) is 19.4. The number of hydrogen-bond acceptors (Lipinski definition) is 6. The third-order valence-electron chi connectivity index (χ3n) is 4.66. The van der Waals surface area contributed by atoms with E-state index in [9.17, 15) is 18.3 Å². The minimum Gasteiger partial charge on any atom is -0.406 e. The second-order valence-electron chi connectivity index (χ2n) is 6.85. The van der Waals surface area contributed by atoms with Crippen LogP contribution in [0, 0.1) is 0 Å². The molecule has 0 saturated carbocycles. The maximum Gasteiger partial charge on any atom is 0.573 e. The summed E-state index contributed by atoms with van der Waals surface area (Å²) in [5, 5.41) is 14.1. The van der Waals surface area contributed by atoms with Crippen LogP contribution in [0.5, 0.6) is 5.75 Å². The molecule has 1 saturated heterocycles. The average Bonchev–Trinajstić information content (AvgIpc) is 3.28. The van der Waals surface area contributed by atoms with Gasteiger partial charge in [-0.05, 0) is 24.1 Å². The van der Waals surface area contributed by atoms with Gasteiger partial charge < -0.3 is 14.4 Å². The number of hydrogen-bond donors (Lipinski definition) is 1. The number of benzene rings is 2. The topological polar surface area (TPSA) is 71.6 Å². The lowest BCUT2D eigenvalue weighted by molar-refractivity contribution is -0.274. The van der Waals surface area contributed by atoms with E-state index in [0.29, 0.717) is 36.8 Å². The molecule has 2 aromatic carbocycles. The van der Waals surface area contributed by atoms with Crippen molar-refractivity contribution in [3.8, 4) is 17.1 Å². The van der Waals surface area contributed by atoms with Crippen molar-refractivity contribution < 1.29 is 27.5 Å². The molecule has 0 unspecified atom stereocenters. The molecule has 1 aromatic heterocycles. The SMILES string of the molecule is O[C@@H]1C[C@@H](c2nc(-c3ccccc3)no2)N(Cc2cccc(OC(F)(F)F)c2)C1. The van der Waals surface area contributed by atoms with Gasteiger partial charge in [-0.3, -0.25) is 4.90 Å². The van der Waals surface area contributed by atoms with Gasteiger partial charge in [0.1, 0.15) is 5.75 Å². The number of aromatic nitrogens is 2. The van der Waals surface area contributed by atoms with Gasteiger partial charge in [-0.25, -0.2) is 0 Å². The summed E-state index contributed by atoms with van der Waals surface area (Å²) in [6.07, 6.45) is -4.95. The smallest absolute Gasteiger partial charge is 0.406 e. The van der Waals surface area contributed by atoms with Crippen molar-refractivity contribution >= 4 is 0 Å². The average molecular weight is 405 g/mol. The molecule has 0 spiro atoms. The molecule has 1 N–H and O–H groups in total. The number of alkyl halides is 3. The molecular formula is C20H18F3N3O3. The highest BCUT2D eigenvalue weighted by Gasteiger charge is 2.36. The highest BCUT2D eigenvalue weighted by molar-refractivity contribution is 5.53. The maximum atomic E-state index is 12.5. The molecule has 29 heavy (non-hydrogen) atoms. The van der Waals surface area contributed by atoms with E-state index < -0.39 is 12.5 Å². The molecule has 0 bridgehead atoms. The van der Waals surface area contributed by atoms with E-state index in [-0.39, 0.29) is 11.8 Å². The number of ether oxygens (including phenoxy) is 1. The Morgan fingerprint density at radius 2 is 1.93 bits per heavy atom. The molecule has 1 fully saturated rings. The van der Waals surface area contributed by atoms with Gasteiger partial charge >= 0.3 is 6.36 Å². The maximum absolute atomic E-state index is 12.5. The molecule has 6 nitrogen and oxygen atoms in total. The van der Waals surface area contributed by atoms with E-state index in [1.165, 1.54) is 18.2 Å². The van der Waals surface area contributed by atoms with E-state index in [0.717, 1.165) is 5.56 Å². The largest absolute Gasteiger partial charge is 0.573 e. The first-order chi connectivity index (χ1) is 13.9. The van der Waals surface area contributed by atoms with Crippen molar-refractivity contribution in [3.05, 3.63) is 66.1 Å². The number of rotatable bonds is 5. The molecular weight excluding hydrogens is 387 g/mol. The molecule has 3 aromatic rings. The zero-order valence-electron chi connectivity index (χ0n) is 15.2. The summed E-state index contributed by atoms with van der Waals surface area (Å²) in [6.45, 7) is 0.651. The molecule has 152 valence electrons. The van der Waals surface area contributed by atoms with Crippen LogP contribution in [0.3, 0.4) is 0 Å². The van der Waals surface area contributed by atoms with Crippen molar-refractivity contribution in [1.82, 2.24) is 15.0 Å². The Kier molecular flexibility index (Phi) is 5.25. The highest BCUT2D eigenvalue weighted by Crippen LogP contribution is 2.34. The zero-order valence-corrected chi connectivity index (χ0v) is 15.2. The fourth-order valence-electron chi connectivity index (χ4n) is 3.46. The monoisotopic (exact) mass is 405 g/mol. The Balaban J connectivity index is 1.52. The standard InChI is InChI=1S/C20H18F3N3O3/c21-20(22,23)28-16-8-4-5-13(9-16)11-26-12-15(27)10-17(26)19-24-18(25-29-19)14-6-2-1-3-7-14/h1-9,15,17,27H,10-12H2/t15-,17+/m1/s1. The number of aliphatic hydroxyl groups excluding tert-OH is 1. The van der Waals surface area contributed by atoms with E-state index in [2.05, 4.69) is 14.9 Å². The predicted octanol–water partition coefficient (Wildman–Crippen LogP) is 3.94. The second kappa shape index (κ2) is 7.84. The quantitative estimate of drug-likeness (QED) is 0.693. The van der Waals surface area contributed by atoms with Crippen molar-refractivity contribution in [1.29, 1.82) is 0 Å². The first-order valence-electron chi connectivity index (χ1n) is 9.03. The third-order valence-corrected chi connectivity index (χ3v) is 4.66. The summed E-state index contributed by atoms with van der Waals surface area (Å²) in [5.41, 5.74) is 1.43. The lowest BCUT2D eigenvalue weighted by Gasteiger charge is -2.21. The van der Waals surface area contributed by atoms with Crippen molar-refractivity contribution in [2.24, 2.45) is 0 Å². The molecule has 1 aliphatic heterocycles. The van der Waals surface area contributed by atoms with Gasteiger partial charge in [0.2, 0.25) is 11.7 Å². The fourth-order valence-corrected chi connectivity index (χ4v) is 3.46. The number of β-amino-alcohol motifs (C(OH)–C–C–N with tert-alkyl or cyclic N) is 1. The van der Waals surface area contributed by atoms with Crippen molar-refractivity contribution in [3.63, 3.8) is 0 Å². The molecule has 2 atom stereocenters. The normalized spacial score (nSPS) is 20.1. The van der Waals surface area contributed by atoms with Crippen LogP contribution in [0.4, 0.5) is 13.2 Å². The van der Waals surface area contributed by atoms with Crippen molar-refractivity contribution in [2.75, 3.05) is 6.54 Å². The van der Waals surface area contributed by atoms with Gasteiger partial charge in [-0.1, -0.05) is 47.6 Å². The minimum absolute atomic E-state index is 0.282. The Hall–Kier alpha value is -2.91. The molecule has 9 heteroatoms. The summed E-state index contributed by atoms with van der Waals surface area (Å²) >= 11 is 0. The van der Waals surface area contributed by atoms with Gasteiger partial charge in [0.15, 0.2) is 0 Å². The summed E-state index contributed by atoms with van der Waals surface area (Å²) in [7, 11) is 0. The first-order valence-corrected chi connectivity index (χ1v) is 9.03. The molecule has 2 heterocycles.